The molecule has 27 heavy (non-hydrogen) atoms. The third kappa shape index (κ3) is 4.42. The van der Waals surface area contributed by atoms with Crippen LogP contribution in [0.25, 0.3) is 5.69 Å². The highest BCUT2D eigenvalue weighted by Gasteiger charge is 2.12. The van der Waals surface area contributed by atoms with Crippen LogP contribution in [0.2, 0.25) is 0 Å². The normalized spacial score (nSPS) is 10.8. The van der Waals surface area contributed by atoms with Gasteiger partial charge in [-0.1, -0.05) is 19.4 Å². The Morgan fingerprint density at radius 1 is 1.11 bits per heavy atom. The van der Waals surface area contributed by atoms with Crippen LogP contribution < -0.4 is 5.32 Å². The summed E-state index contributed by atoms with van der Waals surface area (Å²) in [6, 6.07) is 11.5. The van der Waals surface area contributed by atoms with Crippen molar-refractivity contribution in [2.75, 3.05) is 6.54 Å². The minimum Gasteiger partial charge on any atom is -0.352 e. The Bertz CT molecular complexity index is 898. The Balaban J connectivity index is 1.65. The molecule has 140 valence electrons. The van der Waals surface area contributed by atoms with Gasteiger partial charge in [-0.05, 0) is 68.1 Å². The summed E-state index contributed by atoms with van der Waals surface area (Å²) in [6.07, 6.45) is 6.48. The average molecular weight is 362 g/mol. The second-order valence-corrected chi connectivity index (χ2v) is 6.73. The number of rotatable bonds is 7. The lowest BCUT2D eigenvalue weighted by molar-refractivity contribution is 0.0954. The first kappa shape index (κ1) is 18.8. The third-order valence-electron chi connectivity index (χ3n) is 4.74. The Morgan fingerprint density at radius 3 is 2.56 bits per heavy atom. The fourth-order valence-electron chi connectivity index (χ4n) is 3.26. The Labute approximate surface area is 160 Å². The molecule has 5 nitrogen and oxygen atoms in total. The number of amides is 1. The zero-order valence-corrected chi connectivity index (χ0v) is 16.2. The maximum atomic E-state index is 12.3. The maximum Gasteiger partial charge on any atom is 0.251 e. The van der Waals surface area contributed by atoms with Crippen molar-refractivity contribution in [1.82, 2.24) is 20.1 Å². The predicted octanol–water partition coefficient (Wildman–Crippen LogP) is 3.81. The molecule has 0 aliphatic carbocycles. The molecule has 5 heteroatoms. The van der Waals surface area contributed by atoms with Crippen LogP contribution in [-0.2, 0) is 12.8 Å². The summed E-state index contributed by atoms with van der Waals surface area (Å²) in [7, 11) is 0. The molecule has 0 atom stereocenters. The summed E-state index contributed by atoms with van der Waals surface area (Å²) >= 11 is 0. The maximum absolute atomic E-state index is 12.3. The lowest BCUT2D eigenvalue weighted by Crippen LogP contribution is -2.25. The van der Waals surface area contributed by atoms with Gasteiger partial charge in [0.15, 0.2) is 0 Å². The van der Waals surface area contributed by atoms with Crippen LogP contribution in [0.4, 0.5) is 0 Å². The predicted molar refractivity (Wildman–Crippen MR) is 107 cm³/mol. The molecule has 0 spiro atoms. The van der Waals surface area contributed by atoms with Gasteiger partial charge in [0.25, 0.3) is 5.91 Å². The van der Waals surface area contributed by atoms with E-state index in [2.05, 4.69) is 36.2 Å². The van der Waals surface area contributed by atoms with E-state index in [1.165, 1.54) is 11.3 Å². The van der Waals surface area contributed by atoms with Gasteiger partial charge in [0.1, 0.15) is 0 Å². The van der Waals surface area contributed by atoms with Crippen molar-refractivity contribution in [1.29, 1.82) is 0 Å². The van der Waals surface area contributed by atoms with Crippen molar-refractivity contribution >= 4 is 5.91 Å². The number of carbonyl (C=O) groups excluding carboxylic acids is 1. The number of nitrogens with one attached hydrogen (secondary N) is 1. The van der Waals surface area contributed by atoms with Crippen molar-refractivity contribution in [2.45, 2.75) is 40.0 Å². The molecule has 3 rings (SSSR count). The molecule has 0 fully saturated rings. The van der Waals surface area contributed by atoms with E-state index in [0.29, 0.717) is 12.1 Å². The molecular formula is C22H26N4O. The van der Waals surface area contributed by atoms with E-state index < -0.39 is 0 Å². The molecule has 0 saturated heterocycles. The minimum atomic E-state index is -0.0644. The second-order valence-electron chi connectivity index (χ2n) is 6.73. The van der Waals surface area contributed by atoms with Crippen LogP contribution in [0, 0.1) is 13.8 Å². The number of hydrogen-bond donors (Lipinski definition) is 1. The van der Waals surface area contributed by atoms with Crippen LogP contribution >= 0.6 is 0 Å². The Kier molecular flexibility index (Phi) is 6.01. The molecule has 0 bridgehead atoms. The summed E-state index contributed by atoms with van der Waals surface area (Å²) in [5, 5.41) is 7.63. The van der Waals surface area contributed by atoms with Crippen molar-refractivity contribution < 1.29 is 4.79 Å². The van der Waals surface area contributed by atoms with Gasteiger partial charge in [0.2, 0.25) is 0 Å². The SMILES string of the molecule is CCCc1c(C)nn(-c2ccc(C(=O)NCCc3cccnc3)cc2)c1C. The van der Waals surface area contributed by atoms with Crippen LogP contribution in [0.5, 0.6) is 0 Å². The number of nitrogens with zero attached hydrogens (tertiary/aromatic N) is 3. The van der Waals surface area contributed by atoms with Crippen LogP contribution in [0.3, 0.4) is 0 Å². The number of hydrogen-bond acceptors (Lipinski definition) is 3. The molecule has 0 radical (unpaired) electrons. The minimum absolute atomic E-state index is 0.0644. The van der Waals surface area contributed by atoms with Crippen LogP contribution in [0.15, 0.2) is 48.8 Å². The fraction of sp³-hybridized carbons (Fsp3) is 0.318. The zero-order chi connectivity index (χ0) is 19.2. The van der Waals surface area contributed by atoms with Gasteiger partial charge in [0.05, 0.1) is 11.4 Å². The number of aromatic nitrogens is 3. The summed E-state index contributed by atoms with van der Waals surface area (Å²) in [5.74, 6) is -0.0644. The summed E-state index contributed by atoms with van der Waals surface area (Å²) < 4.78 is 1.96. The van der Waals surface area contributed by atoms with Crippen LogP contribution in [0.1, 0.15) is 46.2 Å². The van der Waals surface area contributed by atoms with E-state index in [9.17, 15) is 4.79 Å². The van der Waals surface area contributed by atoms with Gasteiger partial charge in [-0.25, -0.2) is 4.68 Å². The number of carbonyl (C=O) groups is 1. The highest BCUT2D eigenvalue weighted by atomic mass is 16.1. The van der Waals surface area contributed by atoms with E-state index in [4.69, 9.17) is 0 Å². The van der Waals surface area contributed by atoms with Crippen molar-refractivity contribution in [3.63, 3.8) is 0 Å². The van der Waals surface area contributed by atoms with Crippen molar-refractivity contribution in [2.24, 2.45) is 0 Å². The topological polar surface area (TPSA) is 59.8 Å². The van der Waals surface area contributed by atoms with Gasteiger partial charge in [0, 0.05) is 30.2 Å². The Hall–Kier alpha value is -2.95. The van der Waals surface area contributed by atoms with E-state index in [0.717, 1.165) is 36.2 Å². The first-order valence-electron chi connectivity index (χ1n) is 9.42. The van der Waals surface area contributed by atoms with E-state index in [1.807, 2.05) is 47.3 Å². The molecule has 2 heterocycles. The summed E-state index contributed by atoms with van der Waals surface area (Å²) in [4.78, 5) is 16.4. The monoisotopic (exact) mass is 362 g/mol. The van der Waals surface area contributed by atoms with Crippen LogP contribution in [-0.4, -0.2) is 27.2 Å². The molecule has 0 saturated carbocycles. The Morgan fingerprint density at radius 2 is 1.89 bits per heavy atom. The number of aryl methyl sites for hydroxylation is 1. The first-order valence-corrected chi connectivity index (χ1v) is 9.42. The molecule has 2 aromatic heterocycles. The average Bonchev–Trinajstić information content (AvgIpc) is 2.97. The quantitative estimate of drug-likeness (QED) is 0.695. The zero-order valence-electron chi connectivity index (χ0n) is 16.2. The van der Waals surface area contributed by atoms with Gasteiger partial charge in [-0.3, -0.25) is 9.78 Å². The molecule has 1 amide bonds. The van der Waals surface area contributed by atoms with Crippen molar-refractivity contribution in [3.05, 3.63) is 76.9 Å². The summed E-state index contributed by atoms with van der Waals surface area (Å²) in [6.45, 7) is 6.92. The molecular weight excluding hydrogens is 336 g/mol. The molecule has 1 aromatic carbocycles. The molecule has 0 unspecified atom stereocenters. The lowest BCUT2D eigenvalue weighted by atomic mass is 10.1. The highest BCUT2D eigenvalue weighted by Crippen LogP contribution is 2.19. The largest absolute Gasteiger partial charge is 0.352 e. The number of pyridine rings is 1. The van der Waals surface area contributed by atoms with E-state index >= 15 is 0 Å². The van der Waals surface area contributed by atoms with E-state index in [1.54, 1.807) is 6.20 Å². The van der Waals surface area contributed by atoms with Gasteiger partial charge < -0.3 is 5.32 Å². The molecule has 1 N–H and O–H groups in total. The highest BCUT2D eigenvalue weighted by molar-refractivity contribution is 5.94. The fourth-order valence-corrected chi connectivity index (χ4v) is 3.26. The van der Waals surface area contributed by atoms with Gasteiger partial charge in [-0.2, -0.15) is 5.10 Å². The third-order valence-corrected chi connectivity index (χ3v) is 4.74. The lowest BCUT2D eigenvalue weighted by Gasteiger charge is -2.08. The molecule has 0 aliphatic rings. The second kappa shape index (κ2) is 8.62. The standard InChI is InChI=1S/C22H26N4O/c1-4-6-21-16(2)25-26(17(21)3)20-10-8-19(9-11-20)22(27)24-14-12-18-7-5-13-23-15-18/h5,7-11,13,15H,4,6,12,14H2,1-3H3,(H,24,27). The van der Waals surface area contributed by atoms with E-state index in [-0.39, 0.29) is 5.91 Å². The summed E-state index contributed by atoms with van der Waals surface area (Å²) in [5.41, 5.74) is 6.30. The smallest absolute Gasteiger partial charge is 0.251 e. The van der Waals surface area contributed by atoms with Gasteiger partial charge in [-0.15, -0.1) is 0 Å². The van der Waals surface area contributed by atoms with Crippen molar-refractivity contribution in [3.8, 4) is 5.69 Å². The molecule has 0 aliphatic heterocycles. The molecule has 3 aromatic rings. The van der Waals surface area contributed by atoms with Gasteiger partial charge >= 0.3 is 0 Å². The number of benzene rings is 1. The first-order chi connectivity index (χ1) is 13.1.